The van der Waals surface area contributed by atoms with E-state index in [2.05, 4.69) is 42.0 Å². The molecule has 1 aromatic heterocycles. The Labute approximate surface area is 102 Å². The average Bonchev–Trinajstić information content (AvgIpc) is 2.68. The molecule has 86 valence electrons. The molecule has 2 heteroatoms. The molecule has 0 unspecified atom stereocenters. The standard InChI is InChI=1S/C15H16N2/c1-4-11-6-5-7-12-14(11)8-13-9(2)16-10(3)17-15(12)13/h5-7H,4,8H2,1-3H3. The van der Waals surface area contributed by atoms with Gasteiger partial charge in [-0.3, -0.25) is 0 Å². The molecule has 2 aromatic rings. The van der Waals surface area contributed by atoms with Gasteiger partial charge in [0.2, 0.25) is 0 Å². The van der Waals surface area contributed by atoms with Crippen molar-refractivity contribution in [3.63, 3.8) is 0 Å². The first-order valence-electron chi connectivity index (χ1n) is 6.16. The SMILES string of the molecule is CCc1cccc2c1Cc1c(C)nc(C)nc1-2. The summed E-state index contributed by atoms with van der Waals surface area (Å²) in [5.74, 6) is 0.871. The molecule has 0 bridgehead atoms. The Morgan fingerprint density at radius 2 is 1.94 bits per heavy atom. The Bertz CT molecular complexity index is 600. The molecular weight excluding hydrogens is 208 g/mol. The van der Waals surface area contributed by atoms with Crippen LogP contribution in [0.25, 0.3) is 11.3 Å². The van der Waals surface area contributed by atoms with Crippen LogP contribution in [0.1, 0.15) is 35.1 Å². The predicted octanol–water partition coefficient (Wildman–Crippen LogP) is 3.23. The molecule has 0 atom stereocenters. The topological polar surface area (TPSA) is 25.8 Å². The van der Waals surface area contributed by atoms with Crippen molar-refractivity contribution in [3.8, 4) is 11.3 Å². The van der Waals surface area contributed by atoms with E-state index in [0.717, 1.165) is 30.1 Å². The third kappa shape index (κ3) is 1.47. The van der Waals surface area contributed by atoms with E-state index in [4.69, 9.17) is 0 Å². The summed E-state index contributed by atoms with van der Waals surface area (Å²) in [6, 6.07) is 6.55. The van der Waals surface area contributed by atoms with Crippen LogP contribution in [0.3, 0.4) is 0 Å². The van der Waals surface area contributed by atoms with Gasteiger partial charge in [0.15, 0.2) is 0 Å². The number of hydrogen-bond donors (Lipinski definition) is 0. The maximum absolute atomic E-state index is 4.62. The van der Waals surface area contributed by atoms with Gasteiger partial charge in [-0.2, -0.15) is 0 Å². The van der Waals surface area contributed by atoms with Crippen LogP contribution in [0, 0.1) is 13.8 Å². The van der Waals surface area contributed by atoms with Gasteiger partial charge in [0.25, 0.3) is 0 Å². The van der Waals surface area contributed by atoms with E-state index in [-0.39, 0.29) is 0 Å². The molecule has 1 aliphatic carbocycles. The number of hydrogen-bond acceptors (Lipinski definition) is 2. The lowest BCUT2D eigenvalue weighted by Gasteiger charge is -2.05. The Morgan fingerprint density at radius 1 is 1.12 bits per heavy atom. The summed E-state index contributed by atoms with van der Waals surface area (Å²) in [4.78, 5) is 9.09. The van der Waals surface area contributed by atoms with Crippen molar-refractivity contribution in [3.05, 3.63) is 46.4 Å². The number of aryl methyl sites for hydroxylation is 3. The molecule has 1 aromatic carbocycles. The average molecular weight is 224 g/mol. The maximum Gasteiger partial charge on any atom is 0.126 e. The van der Waals surface area contributed by atoms with Crippen molar-refractivity contribution in [2.24, 2.45) is 0 Å². The molecular formula is C15H16N2. The Kier molecular flexibility index (Phi) is 2.25. The van der Waals surface area contributed by atoms with Gasteiger partial charge in [0.05, 0.1) is 5.69 Å². The molecule has 1 aliphatic rings. The fourth-order valence-corrected chi connectivity index (χ4v) is 2.74. The summed E-state index contributed by atoms with van der Waals surface area (Å²) in [7, 11) is 0. The molecule has 0 amide bonds. The van der Waals surface area contributed by atoms with Crippen LogP contribution in [-0.4, -0.2) is 9.97 Å². The first-order chi connectivity index (χ1) is 8.20. The van der Waals surface area contributed by atoms with Crippen molar-refractivity contribution >= 4 is 0 Å². The van der Waals surface area contributed by atoms with E-state index < -0.39 is 0 Å². The Balaban J connectivity index is 2.28. The zero-order valence-corrected chi connectivity index (χ0v) is 10.5. The second-order valence-electron chi connectivity index (χ2n) is 4.66. The van der Waals surface area contributed by atoms with Crippen molar-refractivity contribution in [2.75, 3.05) is 0 Å². The molecule has 0 fully saturated rings. The smallest absolute Gasteiger partial charge is 0.126 e. The monoisotopic (exact) mass is 224 g/mol. The minimum absolute atomic E-state index is 0.871. The van der Waals surface area contributed by atoms with Gasteiger partial charge in [-0.15, -0.1) is 0 Å². The Morgan fingerprint density at radius 3 is 2.71 bits per heavy atom. The van der Waals surface area contributed by atoms with Crippen LogP contribution in [0.5, 0.6) is 0 Å². The summed E-state index contributed by atoms with van der Waals surface area (Å²) in [6.07, 6.45) is 2.09. The zero-order valence-electron chi connectivity index (χ0n) is 10.5. The van der Waals surface area contributed by atoms with E-state index in [9.17, 15) is 0 Å². The van der Waals surface area contributed by atoms with Crippen LogP contribution >= 0.6 is 0 Å². The molecule has 0 saturated carbocycles. The number of benzene rings is 1. The number of rotatable bonds is 1. The molecule has 17 heavy (non-hydrogen) atoms. The minimum atomic E-state index is 0.871. The van der Waals surface area contributed by atoms with Crippen molar-refractivity contribution < 1.29 is 0 Å². The van der Waals surface area contributed by atoms with E-state index >= 15 is 0 Å². The van der Waals surface area contributed by atoms with Gasteiger partial charge in [0, 0.05) is 23.2 Å². The van der Waals surface area contributed by atoms with Gasteiger partial charge < -0.3 is 0 Å². The van der Waals surface area contributed by atoms with Crippen molar-refractivity contribution in [1.82, 2.24) is 9.97 Å². The van der Waals surface area contributed by atoms with Gasteiger partial charge in [-0.1, -0.05) is 25.1 Å². The fourth-order valence-electron chi connectivity index (χ4n) is 2.74. The normalized spacial score (nSPS) is 12.4. The van der Waals surface area contributed by atoms with Crippen LogP contribution in [0.4, 0.5) is 0 Å². The zero-order chi connectivity index (χ0) is 12.0. The highest BCUT2D eigenvalue weighted by Crippen LogP contribution is 2.38. The maximum atomic E-state index is 4.62. The van der Waals surface area contributed by atoms with E-state index in [0.29, 0.717) is 0 Å². The lowest BCUT2D eigenvalue weighted by atomic mass is 10.0. The second kappa shape index (κ2) is 3.66. The van der Waals surface area contributed by atoms with Crippen LogP contribution in [0.2, 0.25) is 0 Å². The molecule has 0 N–H and O–H groups in total. The van der Waals surface area contributed by atoms with Crippen molar-refractivity contribution in [1.29, 1.82) is 0 Å². The fraction of sp³-hybridized carbons (Fsp3) is 0.333. The molecule has 0 radical (unpaired) electrons. The third-order valence-electron chi connectivity index (χ3n) is 3.59. The Hall–Kier alpha value is -1.70. The summed E-state index contributed by atoms with van der Waals surface area (Å²) in [5, 5.41) is 0. The quantitative estimate of drug-likeness (QED) is 0.634. The number of nitrogens with zero attached hydrogens (tertiary/aromatic N) is 2. The molecule has 2 nitrogen and oxygen atoms in total. The summed E-state index contributed by atoms with van der Waals surface area (Å²) in [5.41, 5.74) is 7.80. The van der Waals surface area contributed by atoms with Crippen LogP contribution in [0.15, 0.2) is 18.2 Å². The van der Waals surface area contributed by atoms with Crippen molar-refractivity contribution in [2.45, 2.75) is 33.6 Å². The van der Waals surface area contributed by atoms with Crippen LogP contribution in [-0.2, 0) is 12.8 Å². The first kappa shape index (κ1) is 10.5. The molecule has 0 aliphatic heterocycles. The number of aromatic nitrogens is 2. The van der Waals surface area contributed by atoms with Gasteiger partial charge >= 0.3 is 0 Å². The molecule has 3 rings (SSSR count). The summed E-state index contributed by atoms with van der Waals surface area (Å²) in [6.45, 7) is 6.27. The van der Waals surface area contributed by atoms with Gasteiger partial charge in [0.1, 0.15) is 5.82 Å². The highest BCUT2D eigenvalue weighted by molar-refractivity contribution is 5.75. The minimum Gasteiger partial charge on any atom is -0.238 e. The molecule has 0 saturated heterocycles. The lowest BCUT2D eigenvalue weighted by Crippen LogP contribution is -1.97. The second-order valence-corrected chi connectivity index (χ2v) is 4.66. The predicted molar refractivity (Wildman–Crippen MR) is 69.1 cm³/mol. The third-order valence-corrected chi connectivity index (χ3v) is 3.59. The lowest BCUT2D eigenvalue weighted by molar-refractivity contribution is 0.983. The van der Waals surface area contributed by atoms with E-state index in [1.165, 1.54) is 22.3 Å². The first-order valence-corrected chi connectivity index (χ1v) is 6.16. The largest absolute Gasteiger partial charge is 0.238 e. The number of fused-ring (bicyclic) bond motifs is 3. The van der Waals surface area contributed by atoms with Crippen LogP contribution < -0.4 is 0 Å². The molecule has 1 heterocycles. The van der Waals surface area contributed by atoms with Gasteiger partial charge in [-0.25, -0.2) is 9.97 Å². The van der Waals surface area contributed by atoms with Gasteiger partial charge in [-0.05, 0) is 31.4 Å². The summed E-state index contributed by atoms with van der Waals surface area (Å²) >= 11 is 0. The highest BCUT2D eigenvalue weighted by atomic mass is 14.9. The van der Waals surface area contributed by atoms with E-state index in [1.807, 2.05) is 6.92 Å². The highest BCUT2D eigenvalue weighted by Gasteiger charge is 2.24. The summed E-state index contributed by atoms with van der Waals surface area (Å²) < 4.78 is 0. The molecule has 0 spiro atoms. The van der Waals surface area contributed by atoms with E-state index in [1.54, 1.807) is 0 Å².